The van der Waals surface area contributed by atoms with Crippen LogP contribution in [0, 0.1) is 0 Å². The van der Waals surface area contributed by atoms with Gasteiger partial charge in [0.05, 0.1) is 21.1 Å². The van der Waals surface area contributed by atoms with Crippen LogP contribution in [0.15, 0.2) is 30.3 Å². The highest BCUT2D eigenvalue weighted by Gasteiger charge is 2.23. The normalized spacial score (nSPS) is 30.4. The van der Waals surface area contributed by atoms with Gasteiger partial charge in [0.2, 0.25) is 0 Å². The van der Waals surface area contributed by atoms with E-state index in [1.165, 1.54) is 0 Å². The summed E-state index contributed by atoms with van der Waals surface area (Å²) in [5.41, 5.74) is 0.431. The molecule has 2 atom stereocenters. The molecule has 5 heteroatoms. The van der Waals surface area contributed by atoms with Crippen molar-refractivity contribution in [3.05, 3.63) is 35.9 Å². The Morgan fingerprint density at radius 1 is 1.53 bits per heavy atom. The minimum atomic E-state index is -2.09. The molecule has 80 valence electrons. The second kappa shape index (κ2) is 4.55. The summed E-state index contributed by atoms with van der Waals surface area (Å²) in [5.74, 6) is -0.437. The third-order valence-electron chi connectivity index (χ3n) is 1.93. The number of rotatable bonds is 2. The van der Waals surface area contributed by atoms with E-state index >= 15 is 0 Å². The lowest BCUT2D eigenvalue weighted by atomic mass is 10.2. The van der Waals surface area contributed by atoms with Gasteiger partial charge in [-0.1, -0.05) is 18.2 Å². The van der Waals surface area contributed by atoms with Gasteiger partial charge in [0.1, 0.15) is 0 Å². The average molecular weight is 227 g/mol. The zero-order valence-electron chi connectivity index (χ0n) is 9.80. The number of carbonyl (C=O) groups excluding carboxylic acids is 1. The van der Waals surface area contributed by atoms with Gasteiger partial charge in [-0.05, 0) is 12.1 Å². The van der Waals surface area contributed by atoms with E-state index < -0.39 is 29.6 Å². The zero-order valence-corrected chi connectivity index (χ0v) is 8.62. The van der Waals surface area contributed by atoms with Crippen LogP contribution >= 0.6 is 0 Å². The average Bonchev–Trinajstić information content (AvgIpc) is 2.53. The van der Waals surface area contributed by atoms with Crippen LogP contribution in [0.4, 0.5) is 0 Å². The maximum Gasteiger partial charge on any atom is 0.251 e. The van der Waals surface area contributed by atoms with Crippen LogP contribution in [-0.2, 0) is 15.3 Å². The lowest BCUT2D eigenvalue weighted by molar-refractivity contribution is 0.0935. The molecule has 1 aliphatic rings. The Morgan fingerprint density at radius 3 is 2.87 bits per heavy atom. The lowest BCUT2D eigenvalue weighted by Gasteiger charge is -2.08. The van der Waals surface area contributed by atoms with Gasteiger partial charge in [0.25, 0.3) is 5.91 Å². The van der Waals surface area contributed by atoms with Crippen LogP contribution in [-0.4, -0.2) is 28.5 Å². The van der Waals surface area contributed by atoms with Crippen molar-refractivity contribution in [1.82, 2.24) is 5.32 Å². The molecule has 2 rings (SSSR count). The van der Waals surface area contributed by atoms with Crippen LogP contribution in [0.3, 0.4) is 0 Å². The predicted octanol–water partition coefficient (Wildman–Crippen LogP) is 0.479. The number of carbonyl (C=O) groups is 1. The van der Waals surface area contributed by atoms with Gasteiger partial charge >= 0.3 is 0 Å². The topological polar surface area (TPSA) is 55.4 Å². The Kier molecular flexibility index (Phi) is 2.43. The van der Waals surface area contributed by atoms with Crippen LogP contribution in [0.25, 0.3) is 0 Å². The van der Waals surface area contributed by atoms with Gasteiger partial charge in [-0.15, -0.1) is 0 Å². The number of amides is 1. The molecule has 0 aromatic heterocycles. The molecule has 1 amide bonds. The summed E-state index contributed by atoms with van der Waals surface area (Å²) in [6.07, 6.45) is 0. The van der Waals surface area contributed by atoms with E-state index in [1.54, 1.807) is 30.3 Å². The minimum absolute atomic E-state index is 0.0361. The van der Waals surface area contributed by atoms with Gasteiger partial charge in [-0.25, -0.2) is 4.21 Å². The van der Waals surface area contributed by atoms with Gasteiger partial charge in [0.15, 0.2) is 11.1 Å². The third-order valence-corrected chi connectivity index (χ3v) is 2.81. The fraction of sp³-hybridized carbons (Fsp3) is 0.300. The zero-order chi connectivity index (χ0) is 12.5. The molecule has 0 spiro atoms. The second-order valence-electron chi connectivity index (χ2n) is 3.06. The molecular formula is C10H11NO3S. The van der Waals surface area contributed by atoms with Crippen molar-refractivity contribution >= 4 is 17.0 Å². The number of benzene rings is 1. The van der Waals surface area contributed by atoms with E-state index in [4.69, 9.17) is 2.74 Å². The minimum Gasteiger partial charge on any atom is -0.346 e. The van der Waals surface area contributed by atoms with Crippen molar-refractivity contribution in [3.63, 3.8) is 0 Å². The summed E-state index contributed by atoms with van der Waals surface area (Å²) < 4.78 is 30.6. The molecule has 1 saturated heterocycles. The monoisotopic (exact) mass is 227 g/mol. The fourth-order valence-electron chi connectivity index (χ4n) is 1.22. The van der Waals surface area contributed by atoms with Gasteiger partial charge in [-0.3, -0.25) is 8.98 Å². The summed E-state index contributed by atoms with van der Waals surface area (Å²) in [5, 5.41) is 2.48. The first-order valence-electron chi connectivity index (χ1n) is 5.43. The molecule has 1 unspecified atom stereocenters. The molecular weight excluding hydrogens is 214 g/mol. The van der Waals surface area contributed by atoms with Crippen molar-refractivity contribution < 1.29 is 15.9 Å². The van der Waals surface area contributed by atoms with Crippen LogP contribution in [0.5, 0.6) is 0 Å². The SMILES string of the molecule is [2H]C1([2H])OS(=O)C[C@@H]1NC(=O)c1ccccc1. The predicted molar refractivity (Wildman–Crippen MR) is 56.7 cm³/mol. The smallest absolute Gasteiger partial charge is 0.251 e. The van der Waals surface area contributed by atoms with E-state index in [0.717, 1.165) is 0 Å². The van der Waals surface area contributed by atoms with Crippen molar-refractivity contribution in [2.75, 3.05) is 12.3 Å². The van der Waals surface area contributed by atoms with Crippen LogP contribution in [0.1, 0.15) is 13.1 Å². The quantitative estimate of drug-likeness (QED) is 0.799. The number of nitrogens with one attached hydrogen (secondary N) is 1. The molecule has 0 radical (unpaired) electrons. The van der Waals surface area contributed by atoms with Gasteiger partial charge < -0.3 is 5.32 Å². The van der Waals surface area contributed by atoms with E-state index in [9.17, 15) is 9.00 Å². The Bertz CT molecular complexity index is 452. The van der Waals surface area contributed by atoms with Gasteiger partial charge in [0, 0.05) is 5.56 Å². The molecule has 1 aromatic rings. The molecule has 1 N–H and O–H groups in total. The van der Waals surface area contributed by atoms with E-state index in [1.807, 2.05) is 0 Å². The third kappa shape index (κ3) is 2.64. The van der Waals surface area contributed by atoms with Crippen LogP contribution < -0.4 is 5.32 Å². The van der Waals surface area contributed by atoms with Crippen molar-refractivity contribution in [2.45, 2.75) is 6.04 Å². The molecule has 1 fully saturated rings. The molecule has 0 bridgehead atoms. The van der Waals surface area contributed by atoms with E-state index in [0.29, 0.717) is 5.56 Å². The second-order valence-corrected chi connectivity index (χ2v) is 4.17. The summed E-state index contributed by atoms with van der Waals surface area (Å²) >= 11 is -1.68. The molecule has 15 heavy (non-hydrogen) atoms. The summed E-state index contributed by atoms with van der Waals surface area (Å²) in [6, 6.07) is 7.56. The largest absolute Gasteiger partial charge is 0.346 e. The highest BCUT2D eigenvalue weighted by Crippen LogP contribution is 2.05. The highest BCUT2D eigenvalue weighted by atomic mass is 32.2. The Morgan fingerprint density at radius 2 is 2.27 bits per heavy atom. The summed E-state index contributed by atoms with van der Waals surface area (Å²) in [4.78, 5) is 11.8. The van der Waals surface area contributed by atoms with E-state index in [-0.39, 0.29) is 5.75 Å². The standard InChI is InChI=1S/C10H11NO3S/c12-10(8-4-2-1-3-5-8)11-9-6-14-15(13)7-9/h1-5,9H,6-7H2,(H,11,12)/t9-,15?/m1/s1/i6D2. The highest BCUT2D eigenvalue weighted by molar-refractivity contribution is 7.80. The van der Waals surface area contributed by atoms with Gasteiger partial charge in [-0.2, -0.15) is 0 Å². The molecule has 1 aromatic carbocycles. The number of hydrogen-bond donors (Lipinski definition) is 1. The number of hydrogen-bond acceptors (Lipinski definition) is 3. The van der Waals surface area contributed by atoms with Crippen LogP contribution in [0.2, 0.25) is 0 Å². The fourth-order valence-corrected chi connectivity index (χ4v) is 1.93. The molecule has 0 aliphatic carbocycles. The first-order chi connectivity index (χ1) is 7.99. The van der Waals surface area contributed by atoms with Crippen molar-refractivity contribution in [3.8, 4) is 0 Å². The van der Waals surface area contributed by atoms with E-state index in [2.05, 4.69) is 9.50 Å². The summed E-state index contributed by atoms with van der Waals surface area (Å²) in [6.45, 7) is -2.09. The first-order valence-corrected chi connectivity index (χ1v) is 5.67. The Labute approximate surface area is 93.1 Å². The molecule has 1 heterocycles. The maximum absolute atomic E-state index is 11.8. The molecule has 0 saturated carbocycles. The Balaban J connectivity index is 2.07. The van der Waals surface area contributed by atoms with Crippen molar-refractivity contribution in [1.29, 1.82) is 0 Å². The maximum atomic E-state index is 11.8. The lowest BCUT2D eigenvalue weighted by Crippen LogP contribution is -2.37. The first kappa shape index (κ1) is 8.01. The summed E-state index contributed by atoms with van der Waals surface area (Å²) in [7, 11) is 0. The van der Waals surface area contributed by atoms with Crippen molar-refractivity contribution in [2.24, 2.45) is 0 Å². The Hall–Kier alpha value is -1.20. The molecule has 1 aliphatic heterocycles. The molecule has 4 nitrogen and oxygen atoms in total.